The Morgan fingerprint density at radius 3 is 2.64 bits per heavy atom. The maximum absolute atomic E-state index is 12.9. The molecule has 0 saturated carbocycles. The summed E-state index contributed by atoms with van der Waals surface area (Å²) in [6.45, 7) is 6.60. The highest BCUT2D eigenvalue weighted by molar-refractivity contribution is 9.10. The van der Waals surface area contributed by atoms with Crippen molar-refractivity contribution in [2.24, 2.45) is 0 Å². The van der Waals surface area contributed by atoms with Gasteiger partial charge >= 0.3 is 0 Å². The molecule has 0 heterocycles. The lowest BCUT2D eigenvalue weighted by atomic mass is 10.3. The van der Waals surface area contributed by atoms with E-state index >= 15 is 0 Å². The zero-order chi connectivity index (χ0) is 8.43. The van der Waals surface area contributed by atoms with Crippen molar-refractivity contribution in [2.45, 2.75) is 0 Å². The van der Waals surface area contributed by atoms with Crippen molar-refractivity contribution in [3.05, 3.63) is 38.9 Å². The predicted molar refractivity (Wildman–Crippen MR) is 45.4 cm³/mol. The van der Waals surface area contributed by atoms with Gasteiger partial charge in [0.15, 0.2) is 0 Å². The van der Waals surface area contributed by atoms with Gasteiger partial charge < -0.3 is 0 Å². The van der Waals surface area contributed by atoms with Gasteiger partial charge in [-0.1, -0.05) is 17.7 Å². The highest BCUT2D eigenvalue weighted by atomic mass is 79.9. The Bertz CT molecular complexity index is 332. The molecule has 1 rings (SSSR count). The molecule has 4 heteroatoms. The quantitative estimate of drug-likeness (QED) is 0.475. The van der Waals surface area contributed by atoms with Crippen LogP contribution < -0.4 is 0 Å². The summed E-state index contributed by atoms with van der Waals surface area (Å²) in [5.74, 6) is -0.604. The van der Waals surface area contributed by atoms with Crippen molar-refractivity contribution in [1.29, 1.82) is 0 Å². The number of nitrogens with zero attached hydrogens (tertiary/aromatic N) is 1. The van der Waals surface area contributed by atoms with Crippen molar-refractivity contribution in [2.75, 3.05) is 0 Å². The van der Waals surface area contributed by atoms with Gasteiger partial charge in [0.05, 0.1) is 11.6 Å². The second-order valence-corrected chi connectivity index (χ2v) is 3.07. The Morgan fingerprint density at radius 1 is 1.55 bits per heavy atom. The molecule has 0 aliphatic carbocycles. The van der Waals surface area contributed by atoms with Crippen molar-refractivity contribution in [3.8, 4) is 0 Å². The maximum Gasteiger partial charge on any atom is 0.241 e. The SMILES string of the molecule is [C-]#[N+]c1c(Cl)ccc(Br)c1F. The van der Waals surface area contributed by atoms with E-state index in [4.69, 9.17) is 18.2 Å². The maximum atomic E-state index is 12.9. The molecule has 0 unspecified atom stereocenters. The fraction of sp³-hybridized carbons (Fsp3) is 0. The van der Waals surface area contributed by atoms with E-state index < -0.39 is 5.82 Å². The third kappa shape index (κ3) is 1.52. The largest absolute Gasteiger partial charge is 0.241 e. The van der Waals surface area contributed by atoms with Crippen LogP contribution in [0.2, 0.25) is 5.02 Å². The fourth-order valence-electron chi connectivity index (χ4n) is 0.619. The van der Waals surface area contributed by atoms with Crippen LogP contribution >= 0.6 is 27.5 Å². The zero-order valence-electron chi connectivity index (χ0n) is 5.24. The predicted octanol–water partition coefficient (Wildman–Crippen LogP) is 3.79. The summed E-state index contributed by atoms with van der Waals surface area (Å²) in [4.78, 5) is 2.94. The monoisotopic (exact) mass is 233 g/mol. The minimum Gasteiger partial charge on any atom is -0.233 e. The lowest BCUT2D eigenvalue weighted by molar-refractivity contribution is 0.627. The van der Waals surface area contributed by atoms with E-state index in [2.05, 4.69) is 20.8 Å². The number of hydrogen-bond acceptors (Lipinski definition) is 0. The van der Waals surface area contributed by atoms with Crippen molar-refractivity contribution in [3.63, 3.8) is 0 Å². The summed E-state index contributed by atoms with van der Waals surface area (Å²) in [5, 5.41) is 0.140. The summed E-state index contributed by atoms with van der Waals surface area (Å²) >= 11 is 8.47. The van der Waals surface area contributed by atoms with Crippen LogP contribution in [-0.4, -0.2) is 0 Å². The molecule has 0 aliphatic heterocycles. The van der Waals surface area contributed by atoms with Crippen LogP contribution in [0.3, 0.4) is 0 Å². The second kappa shape index (κ2) is 3.21. The molecule has 0 saturated heterocycles. The van der Waals surface area contributed by atoms with E-state index in [0.29, 0.717) is 0 Å². The summed E-state index contributed by atoms with van der Waals surface area (Å²) in [6, 6.07) is 2.94. The highest BCUT2D eigenvalue weighted by Crippen LogP contribution is 2.32. The Balaban J connectivity index is 3.44. The first-order valence-electron chi connectivity index (χ1n) is 2.67. The van der Waals surface area contributed by atoms with Crippen LogP contribution in [0.5, 0.6) is 0 Å². The minimum absolute atomic E-state index is 0.138. The molecule has 0 atom stereocenters. The number of rotatable bonds is 0. The Hall–Kier alpha value is -0.590. The molecule has 0 spiro atoms. The van der Waals surface area contributed by atoms with Crippen LogP contribution in [0.1, 0.15) is 0 Å². The summed E-state index contributed by atoms with van der Waals surface area (Å²) in [7, 11) is 0. The second-order valence-electron chi connectivity index (χ2n) is 1.80. The summed E-state index contributed by atoms with van der Waals surface area (Å²) in [6.07, 6.45) is 0. The van der Waals surface area contributed by atoms with Gasteiger partial charge in [-0.3, -0.25) is 0 Å². The van der Waals surface area contributed by atoms with Gasteiger partial charge in [0, 0.05) is 4.47 Å². The number of halogens is 3. The normalized spacial score (nSPS) is 9.27. The van der Waals surface area contributed by atoms with E-state index in [1.54, 1.807) is 0 Å². The molecule has 0 amide bonds. The average molecular weight is 234 g/mol. The van der Waals surface area contributed by atoms with E-state index in [9.17, 15) is 4.39 Å². The molecule has 0 N–H and O–H groups in total. The molecule has 1 aromatic rings. The van der Waals surface area contributed by atoms with Crippen LogP contribution in [0.15, 0.2) is 16.6 Å². The molecule has 56 valence electrons. The van der Waals surface area contributed by atoms with Gasteiger partial charge in [0.25, 0.3) is 0 Å². The Labute approximate surface area is 76.7 Å². The highest BCUT2D eigenvalue weighted by Gasteiger charge is 2.09. The molecule has 1 nitrogen and oxygen atoms in total. The first kappa shape index (κ1) is 8.51. The molecule has 1 aromatic carbocycles. The zero-order valence-corrected chi connectivity index (χ0v) is 7.58. The van der Waals surface area contributed by atoms with E-state index in [-0.39, 0.29) is 15.2 Å². The molecular formula is C7H2BrClFN. The Morgan fingerprint density at radius 2 is 2.18 bits per heavy atom. The van der Waals surface area contributed by atoms with Crippen molar-refractivity contribution in [1.82, 2.24) is 0 Å². The molecule has 11 heavy (non-hydrogen) atoms. The van der Waals surface area contributed by atoms with Crippen LogP contribution in [-0.2, 0) is 0 Å². The molecule has 0 bridgehead atoms. The van der Waals surface area contributed by atoms with E-state index in [1.165, 1.54) is 12.1 Å². The van der Waals surface area contributed by atoms with E-state index in [0.717, 1.165) is 0 Å². The Kier molecular flexibility index (Phi) is 2.48. The van der Waals surface area contributed by atoms with Crippen molar-refractivity contribution >= 4 is 33.2 Å². The summed E-state index contributed by atoms with van der Waals surface area (Å²) < 4.78 is 13.2. The first-order valence-corrected chi connectivity index (χ1v) is 3.85. The molecule has 0 fully saturated rings. The number of hydrogen-bond donors (Lipinski definition) is 0. The van der Waals surface area contributed by atoms with Crippen LogP contribution in [0.25, 0.3) is 4.85 Å². The van der Waals surface area contributed by atoms with Crippen molar-refractivity contribution < 1.29 is 4.39 Å². The van der Waals surface area contributed by atoms with Gasteiger partial charge in [0.2, 0.25) is 5.69 Å². The smallest absolute Gasteiger partial charge is 0.233 e. The topological polar surface area (TPSA) is 4.36 Å². The van der Waals surface area contributed by atoms with Gasteiger partial charge in [-0.05, 0) is 22.0 Å². The third-order valence-electron chi connectivity index (χ3n) is 1.13. The van der Waals surface area contributed by atoms with Gasteiger partial charge in [-0.25, -0.2) is 9.24 Å². The van der Waals surface area contributed by atoms with Gasteiger partial charge in [0.1, 0.15) is 5.82 Å². The van der Waals surface area contributed by atoms with Crippen LogP contribution in [0, 0.1) is 12.4 Å². The number of benzene rings is 1. The third-order valence-corrected chi connectivity index (χ3v) is 2.05. The first-order chi connectivity index (χ1) is 5.16. The van der Waals surface area contributed by atoms with Crippen LogP contribution in [0.4, 0.5) is 10.1 Å². The molecule has 0 aliphatic rings. The minimum atomic E-state index is -0.604. The summed E-state index contributed by atoms with van der Waals surface area (Å²) in [5.41, 5.74) is -0.138. The van der Waals surface area contributed by atoms with Gasteiger partial charge in [-0.2, -0.15) is 0 Å². The molecular weight excluding hydrogens is 232 g/mol. The fourth-order valence-corrected chi connectivity index (χ4v) is 1.13. The van der Waals surface area contributed by atoms with E-state index in [1.807, 2.05) is 0 Å². The molecule has 0 radical (unpaired) electrons. The standard InChI is InChI=1S/C7H2BrClFN/c1-11-7-5(9)3-2-4(8)6(7)10/h2-3H. The lowest BCUT2D eigenvalue weighted by Gasteiger charge is -1.97. The lowest BCUT2D eigenvalue weighted by Crippen LogP contribution is -1.77. The molecule has 0 aromatic heterocycles. The van der Waals surface area contributed by atoms with Gasteiger partial charge in [-0.15, -0.1) is 0 Å². The average Bonchev–Trinajstić information content (AvgIpc) is 1.99.